The minimum Gasteiger partial charge on any atom is -0.454 e. The Bertz CT molecular complexity index is 758. The number of amides is 1. The average molecular weight is 361 g/mol. The molecular formula is C17H19N3O4S. The first-order valence-electron chi connectivity index (χ1n) is 8.18. The Morgan fingerprint density at radius 1 is 1.24 bits per heavy atom. The molecule has 3 heterocycles. The second-order valence-corrected chi connectivity index (χ2v) is 6.50. The molecule has 0 spiro atoms. The van der Waals surface area contributed by atoms with Gasteiger partial charge in [-0.15, -0.1) is 0 Å². The number of nitrogens with zero attached hydrogens (tertiary/aromatic N) is 1. The quantitative estimate of drug-likeness (QED) is 0.764. The predicted molar refractivity (Wildman–Crippen MR) is 94.3 cm³/mol. The third-order valence-electron chi connectivity index (χ3n) is 4.53. The zero-order valence-electron chi connectivity index (χ0n) is 13.8. The molecule has 4 rings (SSSR count). The molecule has 0 saturated carbocycles. The Morgan fingerprint density at radius 2 is 2.00 bits per heavy atom. The standard InChI is InChI=1S/C17H19N3O4S/c1-10-14(16(21)20-4-6-22-7-5-20)15(19-17(25)18-10)11-2-3-12-13(8-11)24-9-23-12/h2-3,8,15H,4-7,9H2,1H3,(H2,18,19,25). The van der Waals surface area contributed by atoms with E-state index < -0.39 is 0 Å². The summed E-state index contributed by atoms with van der Waals surface area (Å²) in [5.41, 5.74) is 2.33. The van der Waals surface area contributed by atoms with Gasteiger partial charge in [-0.1, -0.05) is 6.07 Å². The number of carbonyl (C=O) groups excluding carboxylic acids is 1. The van der Waals surface area contributed by atoms with Crippen molar-refractivity contribution >= 4 is 23.2 Å². The van der Waals surface area contributed by atoms with Crippen molar-refractivity contribution in [2.75, 3.05) is 33.1 Å². The van der Waals surface area contributed by atoms with Gasteiger partial charge in [-0.05, 0) is 36.8 Å². The topological polar surface area (TPSA) is 72.1 Å². The summed E-state index contributed by atoms with van der Waals surface area (Å²) in [6, 6.07) is 5.35. The molecule has 3 aliphatic rings. The highest BCUT2D eigenvalue weighted by Gasteiger charge is 2.33. The summed E-state index contributed by atoms with van der Waals surface area (Å²) in [5.74, 6) is 1.38. The minimum absolute atomic E-state index is 0.00836. The second kappa shape index (κ2) is 6.53. The zero-order chi connectivity index (χ0) is 17.4. The zero-order valence-corrected chi connectivity index (χ0v) is 14.6. The van der Waals surface area contributed by atoms with Crippen LogP contribution >= 0.6 is 12.2 Å². The van der Waals surface area contributed by atoms with E-state index in [1.54, 1.807) is 0 Å². The fraction of sp³-hybridized carbons (Fsp3) is 0.412. The molecule has 0 radical (unpaired) electrons. The van der Waals surface area contributed by atoms with Crippen molar-refractivity contribution in [2.45, 2.75) is 13.0 Å². The smallest absolute Gasteiger partial charge is 0.254 e. The molecule has 1 unspecified atom stereocenters. The van der Waals surface area contributed by atoms with Crippen LogP contribution in [0.2, 0.25) is 0 Å². The normalized spacial score (nSPS) is 22.5. The first kappa shape index (κ1) is 16.2. The van der Waals surface area contributed by atoms with Crippen LogP contribution in [-0.4, -0.2) is 49.0 Å². The summed E-state index contributed by atoms with van der Waals surface area (Å²) in [6.45, 7) is 4.39. The van der Waals surface area contributed by atoms with Gasteiger partial charge in [0.05, 0.1) is 24.8 Å². The van der Waals surface area contributed by atoms with Crippen LogP contribution in [0, 0.1) is 0 Å². The summed E-state index contributed by atoms with van der Waals surface area (Å²) >= 11 is 5.30. The van der Waals surface area contributed by atoms with E-state index >= 15 is 0 Å². The lowest BCUT2D eigenvalue weighted by atomic mass is 9.94. The Balaban J connectivity index is 1.69. The van der Waals surface area contributed by atoms with Crippen LogP contribution in [0.1, 0.15) is 18.5 Å². The highest BCUT2D eigenvalue weighted by Crippen LogP contribution is 2.37. The maximum Gasteiger partial charge on any atom is 0.254 e. The summed E-state index contributed by atoms with van der Waals surface area (Å²) in [6.07, 6.45) is 0. The molecule has 8 heteroatoms. The van der Waals surface area contributed by atoms with Gasteiger partial charge in [0, 0.05) is 18.8 Å². The highest BCUT2D eigenvalue weighted by atomic mass is 32.1. The lowest BCUT2D eigenvalue weighted by Crippen LogP contribution is -2.49. The van der Waals surface area contributed by atoms with Crippen molar-refractivity contribution in [3.05, 3.63) is 35.0 Å². The Kier molecular flexibility index (Phi) is 4.22. The number of hydrogen-bond donors (Lipinski definition) is 2. The van der Waals surface area contributed by atoms with Crippen molar-refractivity contribution in [2.24, 2.45) is 0 Å². The Morgan fingerprint density at radius 3 is 2.80 bits per heavy atom. The fourth-order valence-electron chi connectivity index (χ4n) is 3.26. The van der Waals surface area contributed by atoms with Gasteiger partial charge >= 0.3 is 0 Å². The predicted octanol–water partition coefficient (Wildman–Crippen LogP) is 1.07. The van der Waals surface area contributed by atoms with Gasteiger partial charge in [0.1, 0.15) is 0 Å². The number of benzene rings is 1. The van der Waals surface area contributed by atoms with E-state index in [4.69, 9.17) is 26.4 Å². The number of nitrogens with one attached hydrogen (secondary N) is 2. The van der Waals surface area contributed by atoms with Gasteiger partial charge in [-0.2, -0.15) is 0 Å². The summed E-state index contributed by atoms with van der Waals surface area (Å²) in [5, 5.41) is 6.78. The first-order chi connectivity index (χ1) is 12.1. The van der Waals surface area contributed by atoms with E-state index in [0.717, 1.165) is 11.3 Å². The summed E-state index contributed by atoms with van der Waals surface area (Å²) < 4.78 is 16.2. The second-order valence-electron chi connectivity index (χ2n) is 6.09. The largest absolute Gasteiger partial charge is 0.454 e. The lowest BCUT2D eigenvalue weighted by molar-refractivity contribution is -0.131. The maximum absolute atomic E-state index is 13.1. The van der Waals surface area contributed by atoms with Crippen LogP contribution in [0.4, 0.5) is 0 Å². The summed E-state index contributed by atoms with van der Waals surface area (Å²) in [7, 11) is 0. The fourth-order valence-corrected chi connectivity index (χ4v) is 3.53. The molecule has 2 N–H and O–H groups in total. The highest BCUT2D eigenvalue weighted by molar-refractivity contribution is 7.80. The molecule has 7 nitrogen and oxygen atoms in total. The lowest BCUT2D eigenvalue weighted by Gasteiger charge is -2.34. The molecule has 0 bridgehead atoms. The average Bonchev–Trinajstić information content (AvgIpc) is 3.09. The first-order valence-corrected chi connectivity index (χ1v) is 8.59. The minimum atomic E-state index is -0.335. The van der Waals surface area contributed by atoms with Gasteiger partial charge in [-0.25, -0.2) is 0 Å². The SMILES string of the molecule is CC1=C(C(=O)N2CCOCC2)C(c2ccc3c(c2)OCO3)NC(=S)N1. The Labute approximate surface area is 150 Å². The maximum atomic E-state index is 13.1. The van der Waals surface area contributed by atoms with Gasteiger partial charge in [-0.3, -0.25) is 4.79 Å². The van der Waals surface area contributed by atoms with Crippen molar-refractivity contribution < 1.29 is 19.0 Å². The number of thiocarbonyl (C=S) groups is 1. The number of morpholine rings is 1. The van der Waals surface area contributed by atoms with Gasteiger partial charge < -0.3 is 29.7 Å². The molecule has 25 heavy (non-hydrogen) atoms. The van der Waals surface area contributed by atoms with E-state index in [-0.39, 0.29) is 18.7 Å². The van der Waals surface area contributed by atoms with Crippen LogP contribution < -0.4 is 20.1 Å². The van der Waals surface area contributed by atoms with Crippen molar-refractivity contribution in [1.29, 1.82) is 0 Å². The molecule has 1 aromatic rings. The molecule has 3 aliphatic heterocycles. The molecule has 1 atom stereocenters. The number of allylic oxidation sites excluding steroid dienone is 1. The van der Waals surface area contributed by atoms with Gasteiger partial charge in [0.2, 0.25) is 6.79 Å². The molecule has 1 fully saturated rings. The van der Waals surface area contributed by atoms with E-state index in [1.807, 2.05) is 30.0 Å². The van der Waals surface area contributed by atoms with Gasteiger partial charge in [0.15, 0.2) is 16.6 Å². The molecule has 1 amide bonds. The van der Waals surface area contributed by atoms with Crippen LogP contribution in [0.3, 0.4) is 0 Å². The summed E-state index contributed by atoms with van der Waals surface area (Å²) in [4.78, 5) is 14.9. The molecule has 132 valence electrons. The Hall–Kier alpha value is -2.32. The van der Waals surface area contributed by atoms with Gasteiger partial charge in [0.25, 0.3) is 5.91 Å². The number of carbonyl (C=O) groups is 1. The van der Waals surface area contributed by atoms with E-state index in [1.165, 1.54) is 0 Å². The number of rotatable bonds is 2. The van der Waals surface area contributed by atoms with E-state index in [0.29, 0.717) is 48.5 Å². The van der Waals surface area contributed by atoms with Crippen LogP contribution in [0.5, 0.6) is 11.5 Å². The monoisotopic (exact) mass is 361 g/mol. The van der Waals surface area contributed by atoms with E-state index in [2.05, 4.69) is 10.6 Å². The third kappa shape index (κ3) is 3.03. The molecular weight excluding hydrogens is 342 g/mol. The molecule has 0 aliphatic carbocycles. The number of ether oxygens (including phenoxy) is 3. The number of fused-ring (bicyclic) bond motifs is 1. The van der Waals surface area contributed by atoms with Crippen molar-refractivity contribution in [1.82, 2.24) is 15.5 Å². The third-order valence-corrected chi connectivity index (χ3v) is 4.75. The van der Waals surface area contributed by atoms with Crippen molar-refractivity contribution in [3.63, 3.8) is 0 Å². The molecule has 1 saturated heterocycles. The van der Waals surface area contributed by atoms with Crippen molar-refractivity contribution in [3.8, 4) is 11.5 Å². The molecule has 0 aromatic heterocycles. The van der Waals surface area contributed by atoms with Crippen LogP contribution in [0.15, 0.2) is 29.5 Å². The molecule has 1 aromatic carbocycles. The van der Waals surface area contributed by atoms with E-state index in [9.17, 15) is 4.79 Å². The van der Waals surface area contributed by atoms with Crippen LogP contribution in [0.25, 0.3) is 0 Å². The van der Waals surface area contributed by atoms with Crippen LogP contribution in [-0.2, 0) is 9.53 Å². The number of hydrogen-bond acceptors (Lipinski definition) is 5.